The van der Waals surface area contributed by atoms with Crippen LogP contribution in [-0.2, 0) is 25.5 Å². The molecule has 21 heavy (non-hydrogen) atoms. The fourth-order valence-electron chi connectivity index (χ4n) is 1.91. The SMILES string of the molecule is CC(=O)NC(=O)COC(=O)Cc1coc2cc(C)ccc12. The Bertz CT molecular complexity index is 701. The van der Waals surface area contributed by atoms with Crippen LogP contribution < -0.4 is 5.32 Å². The zero-order valence-electron chi connectivity index (χ0n) is 11.8. The maximum Gasteiger partial charge on any atom is 0.310 e. The lowest BCUT2D eigenvalue weighted by Gasteiger charge is -2.03. The summed E-state index contributed by atoms with van der Waals surface area (Å²) in [5, 5.41) is 2.86. The Kier molecular flexibility index (Phi) is 4.37. The number of carbonyl (C=O) groups is 3. The normalized spacial score (nSPS) is 10.4. The first-order valence-corrected chi connectivity index (χ1v) is 6.38. The van der Waals surface area contributed by atoms with E-state index in [0.717, 1.165) is 10.9 Å². The van der Waals surface area contributed by atoms with Crippen molar-refractivity contribution >= 4 is 28.8 Å². The second kappa shape index (κ2) is 6.21. The molecule has 1 aromatic carbocycles. The number of esters is 1. The van der Waals surface area contributed by atoms with Gasteiger partial charge in [-0.15, -0.1) is 0 Å². The molecule has 1 aromatic heterocycles. The van der Waals surface area contributed by atoms with Crippen molar-refractivity contribution in [3.63, 3.8) is 0 Å². The van der Waals surface area contributed by atoms with E-state index in [9.17, 15) is 14.4 Å². The van der Waals surface area contributed by atoms with E-state index in [1.807, 2.05) is 30.4 Å². The van der Waals surface area contributed by atoms with Crippen LogP contribution >= 0.6 is 0 Å². The lowest BCUT2D eigenvalue weighted by atomic mass is 10.1. The van der Waals surface area contributed by atoms with E-state index in [-0.39, 0.29) is 6.42 Å². The van der Waals surface area contributed by atoms with E-state index >= 15 is 0 Å². The Morgan fingerprint density at radius 2 is 2.05 bits per heavy atom. The molecule has 0 radical (unpaired) electrons. The Balaban J connectivity index is 1.95. The van der Waals surface area contributed by atoms with Crippen LogP contribution in [0, 0.1) is 6.92 Å². The highest BCUT2D eigenvalue weighted by Gasteiger charge is 2.13. The lowest BCUT2D eigenvalue weighted by Crippen LogP contribution is -2.32. The summed E-state index contributed by atoms with van der Waals surface area (Å²) in [6.07, 6.45) is 1.50. The molecule has 110 valence electrons. The summed E-state index contributed by atoms with van der Waals surface area (Å²) in [5.41, 5.74) is 2.46. The van der Waals surface area contributed by atoms with Crippen molar-refractivity contribution in [3.05, 3.63) is 35.6 Å². The minimum absolute atomic E-state index is 0.00339. The van der Waals surface area contributed by atoms with Crippen LogP contribution in [-0.4, -0.2) is 24.4 Å². The van der Waals surface area contributed by atoms with Gasteiger partial charge in [-0.3, -0.25) is 19.7 Å². The van der Waals surface area contributed by atoms with E-state index in [1.165, 1.54) is 13.2 Å². The summed E-state index contributed by atoms with van der Waals surface area (Å²) in [6.45, 7) is 2.68. The largest absolute Gasteiger partial charge is 0.464 e. The fourth-order valence-corrected chi connectivity index (χ4v) is 1.91. The van der Waals surface area contributed by atoms with Crippen LogP contribution in [0.15, 0.2) is 28.9 Å². The van der Waals surface area contributed by atoms with E-state index in [4.69, 9.17) is 9.15 Å². The highest BCUT2D eigenvalue weighted by atomic mass is 16.5. The molecular formula is C15H15NO5. The second-order valence-electron chi connectivity index (χ2n) is 4.70. The third kappa shape index (κ3) is 3.92. The Hall–Kier alpha value is -2.63. The summed E-state index contributed by atoms with van der Waals surface area (Å²) in [4.78, 5) is 33.5. The monoisotopic (exact) mass is 289 g/mol. The van der Waals surface area contributed by atoms with Crippen LogP contribution in [0.2, 0.25) is 0 Å². The van der Waals surface area contributed by atoms with Gasteiger partial charge in [-0.1, -0.05) is 12.1 Å². The van der Waals surface area contributed by atoms with Gasteiger partial charge in [-0.25, -0.2) is 0 Å². The first-order chi connectivity index (χ1) is 9.95. The van der Waals surface area contributed by atoms with Gasteiger partial charge >= 0.3 is 5.97 Å². The number of rotatable bonds is 4. The number of hydrogen-bond donors (Lipinski definition) is 1. The van der Waals surface area contributed by atoms with Crippen molar-refractivity contribution in [1.82, 2.24) is 5.32 Å². The van der Waals surface area contributed by atoms with Gasteiger partial charge in [0.15, 0.2) is 6.61 Å². The molecule has 1 heterocycles. The standard InChI is InChI=1S/C15H15NO5/c1-9-3-4-12-11(7-20-13(12)5-9)6-15(19)21-8-14(18)16-10(2)17/h3-5,7H,6,8H2,1-2H3,(H,16,17,18). The lowest BCUT2D eigenvalue weighted by molar-refractivity contribution is -0.148. The Morgan fingerprint density at radius 1 is 1.29 bits per heavy atom. The number of hydrogen-bond acceptors (Lipinski definition) is 5. The zero-order chi connectivity index (χ0) is 15.4. The molecule has 0 atom stereocenters. The van der Waals surface area contributed by atoms with Crippen molar-refractivity contribution in [2.45, 2.75) is 20.3 Å². The fraction of sp³-hybridized carbons (Fsp3) is 0.267. The number of benzene rings is 1. The molecule has 0 spiro atoms. The molecule has 2 rings (SSSR count). The van der Waals surface area contributed by atoms with E-state index in [2.05, 4.69) is 0 Å². The van der Waals surface area contributed by atoms with Gasteiger partial charge in [0.1, 0.15) is 5.58 Å². The molecule has 0 saturated heterocycles. The van der Waals surface area contributed by atoms with Gasteiger partial charge in [0.05, 0.1) is 12.7 Å². The predicted molar refractivity (Wildman–Crippen MR) is 74.4 cm³/mol. The summed E-state index contributed by atoms with van der Waals surface area (Å²) >= 11 is 0. The summed E-state index contributed by atoms with van der Waals surface area (Å²) in [6, 6.07) is 5.68. The number of amides is 2. The zero-order valence-corrected chi connectivity index (χ0v) is 11.8. The van der Waals surface area contributed by atoms with Crippen molar-refractivity contribution in [1.29, 1.82) is 0 Å². The van der Waals surface area contributed by atoms with Crippen molar-refractivity contribution in [2.75, 3.05) is 6.61 Å². The van der Waals surface area contributed by atoms with E-state index in [0.29, 0.717) is 11.1 Å². The molecule has 2 aromatic rings. The van der Waals surface area contributed by atoms with E-state index < -0.39 is 24.4 Å². The number of carbonyl (C=O) groups excluding carboxylic acids is 3. The van der Waals surface area contributed by atoms with E-state index in [1.54, 1.807) is 0 Å². The first kappa shape index (κ1) is 14.8. The highest BCUT2D eigenvalue weighted by molar-refractivity contribution is 5.95. The average Bonchev–Trinajstić information content (AvgIpc) is 2.78. The Morgan fingerprint density at radius 3 is 2.76 bits per heavy atom. The predicted octanol–water partition coefficient (Wildman–Crippen LogP) is 1.49. The smallest absolute Gasteiger partial charge is 0.310 e. The highest BCUT2D eigenvalue weighted by Crippen LogP contribution is 2.22. The quantitative estimate of drug-likeness (QED) is 0.862. The summed E-state index contributed by atoms with van der Waals surface area (Å²) in [7, 11) is 0. The first-order valence-electron chi connectivity index (χ1n) is 6.38. The third-order valence-corrected chi connectivity index (χ3v) is 2.83. The molecule has 0 aliphatic heterocycles. The molecule has 0 saturated carbocycles. The minimum Gasteiger partial charge on any atom is -0.464 e. The van der Waals surface area contributed by atoms with Crippen molar-refractivity contribution in [2.24, 2.45) is 0 Å². The van der Waals surface area contributed by atoms with Gasteiger partial charge in [0.2, 0.25) is 5.91 Å². The van der Waals surface area contributed by atoms with Crippen LogP contribution in [0.4, 0.5) is 0 Å². The minimum atomic E-state index is -0.650. The molecule has 0 aliphatic carbocycles. The molecule has 0 fully saturated rings. The van der Waals surface area contributed by atoms with Crippen LogP contribution in [0.3, 0.4) is 0 Å². The summed E-state index contributed by atoms with van der Waals surface area (Å²) in [5.74, 6) is -1.70. The van der Waals surface area contributed by atoms with Crippen LogP contribution in [0.5, 0.6) is 0 Å². The van der Waals surface area contributed by atoms with Crippen molar-refractivity contribution < 1.29 is 23.5 Å². The molecule has 6 nitrogen and oxygen atoms in total. The topological polar surface area (TPSA) is 85.6 Å². The van der Waals surface area contributed by atoms with Crippen LogP contribution in [0.1, 0.15) is 18.1 Å². The van der Waals surface area contributed by atoms with Crippen LogP contribution in [0.25, 0.3) is 11.0 Å². The van der Waals surface area contributed by atoms with Gasteiger partial charge in [0.25, 0.3) is 5.91 Å². The number of furan rings is 1. The number of ether oxygens (including phenoxy) is 1. The maximum absolute atomic E-state index is 11.7. The van der Waals surface area contributed by atoms with Gasteiger partial charge in [-0.2, -0.15) is 0 Å². The number of imide groups is 1. The molecule has 2 amide bonds. The molecule has 1 N–H and O–H groups in total. The second-order valence-corrected chi connectivity index (χ2v) is 4.70. The summed E-state index contributed by atoms with van der Waals surface area (Å²) < 4.78 is 10.2. The Labute approximate surface area is 121 Å². The number of nitrogens with one attached hydrogen (secondary N) is 1. The van der Waals surface area contributed by atoms with Gasteiger partial charge < -0.3 is 9.15 Å². The molecular weight excluding hydrogens is 274 g/mol. The third-order valence-electron chi connectivity index (χ3n) is 2.83. The number of fused-ring (bicyclic) bond motifs is 1. The van der Waals surface area contributed by atoms with Gasteiger partial charge in [-0.05, 0) is 18.6 Å². The molecule has 0 unspecified atom stereocenters. The average molecular weight is 289 g/mol. The number of aryl methyl sites for hydroxylation is 1. The molecule has 0 bridgehead atoms. The molecule has 6 heteroatoms. The van der Waals surface area contributed by atoms with Gasteiger partial charge in [0, 0.05) is 17.9 Å². The van der Waals surface area contributed by atoms with Crippen molar-refractivity contribution in [3.8, 4) is 0 Å². The molecule has 0 aliphatic rings. The maximum atomic E-state index is 11.7.